The number of ether oxygens (including phenoxy) is 1. The van der Waals surface area contributed by atoms with Crippen LogP contribution in [0, 0.1) is 6.92 Å². The molecule has 0 unspecified atom stereocenters. The third kappa shape index (κ3) is 4.94. The van der Waals surface area contributed by atoms with E-state index in [1.807, 2.05) is 24.3 Å². The van der Waals surface area contributed by atoms with Crippen molar-refractivity contribution in [2.45, 2.75) is 33.7 Å². The number of benzene rings is 1. The molecule has 1 heterocycles. The number of nitrogens with zero attached hydrogens (tertiary/aromatic N) is 3. The minimum atomic E-state index is 0.840. The van der Waals surface area contributed by atoms with E-state index in [0.29, 0.717) is 0 Å². The molecular formula is C18H27N3OS. The Morgan fingerprint density at radius 2 is 2.04 bits per heavy atom. The highest BCUT2D eigenvalue weighted by atomic mass is 32.1. The van der Waals surface area contributed by atoms with Crippen LogP contribution in [0.25, 0.3) is 0 Å². The molecule has 0 saturated carbocycles. The first kappa shape index (κ1) is 17.8. The van der Waals surface area contributed by atoms with E-state index in [9.17, 15) is 0 Å². The van der Waals surface area contributed by atoms with Crippen molar-refractivity contribution >= 4 is 17.0 Å². The third-order valence-corrected chi connectivity index (χ3v) is 5.00. The maximum Gasteiger partial charge on any atom is 0.190 e. The van der Waals surface area contributed by atoms with Crippen LogP contribution in [0.3, 0.4) is 0 Å². The zero-order valence-corrected chi connectivity index (χ0v) is 15.4. The van der Waals surface area contributed by atoms with Gasteiger partial charge in [-0.3, -0.25) is 0 Å². The van der Waals surface area contributed by atoms with Crippen molar-refractivity contribution in [1.29, 1.82) is 0 Å². The van der Waals surface area contributed by atoms with E-state index >= 15 is 0 Å². The topological polar surface area (TPSA) is 29.8 Å². The smallest absolute Gasteiger partial charge is 0.190 e. The summed E-state index contributed by atoms with van der Waals surface area (Å²) in [5, 5.41) is 2.18. The van der Waals surface area contributed by atoms with E-state index in [2.05, 4.69) is 35.6 Å². The molecule has 0 N–H and O–H groups in total. The quantitative estimate of drug-likeness (QED) is 0.735. The van der Waals surface area contributed by atoms with Crippen molar-refractivity contribution in [1.82, 2.24) is 9.47 Å². The van der Waals surface area contributed by atoms with Crippen LogP contribution in [0.15, 0.2) is 34.6 Å². The van der Waals surface area contributed by atoms with E-state index in [0.717, 1.165) is 48.8 Å². The van der Waals surface area contributed by atoms with Gasteiger partial charge in [-0.2, -0.15) is 0 Å². The van der Waals surface area contributed by atoms with Gasteiger partial charge >= 0.3 is 0 Å². The van der Waals surface area contributed by atoms with Crippen molar-refractivity contribution in [2.24, 2.45) is 4.99 Å². The lowest BCUT2D eigenvalue weighted by Crippen LogP contribution is -2.26. The van der Waals surface area contributed by atoms with Crippen LogP contribution in [-0.4, -0.2) is 36.2 Å². The average Bonchev–Trinajstić information content (AvgIpc) is 2.92. The molecule has 2 aromatic rings. The molecule has 0 aliphatic rings. The molecular weight excluding hydrogens is 306 g/mol. The van der Waals surface area contributed by atoms with E-state index in [1.54, 1.807) is 18.4 Å². The summed E-state index contributed by atoms with van der Waals surface area (Å²) in [5.41, 5.74) is 2.21. The van der Waals surface area contributed by atoms with Crippen LogP contribution >= 0.6 is 11.3 Å². The lowest BCUT2D eigenvalue weighted by molar-refractivity contribution is 0.292. The zero-order chi connectivity index (χ0) is 16.7. The van der Waals surface area contributed by atoms with Gasteiger partial charge in [0, 0.05) is 23.7 Å². The molecule has 0 bridgehead atoms. The highest BCUT2D eigenvalue weighted by Gasteiger charge is 2.04. The van der Waals surface area contributed by atoms with Crippen molar-refractivity contribution in [3.05, 3.63) is 40.1 Å². The summed E-state index contributed by atoms with van der Waals surface area (Å²) >= 11 is 1.70. The summed E-state index contributed by atoms with van der Waals surface area (Å²) in [6.07, 6.45) is 1.14. The number of aryl methyl sites for hydroxylation is 1. The van der Waals surface area contributed by atoms with Crippen molar-refractivity contribution < 1.29 is 4.74 Å². The molecule has 0 aliphatic heterocycles. The molecule has 126 valence electrons. The second-order valence-electron chi connectivity index (χ2n) is 5.51. The standard InChI is InChI=1S/C18H27N3OS/c1-5-20(6-2)11-8-12-21-15(3)14-23-18(21)19-16-9-7-10-17(13-16)22-4/h7,9-10,13-14H,5-6,8,11-12H2,1-4H3. The molecule has 4 nitrogen and oxygen atoms in total. The van der Waals surface area contributed by atoms with E-state index in [1.165, 1.54) is 5.69 Å². The fourth-order valence-corrected chi connectivity index (χ4v) is 3.48. The van der Waals surface area contributed by atoms with E-state index in [4.69, 9.17) is 9.73 Å². The Morgan fingerprint density at radius 1 is 1.26 bits per heavy atom. The van der Waals surface area contributed by atoms with Crippen LogP contribution in [0.2, 0.25) is 0 Å². The summed E-state index contributed by atoms with van der Waals surface area (Å²) < 4.78 is 7.59. The molecule has 0 aliphatic carbocycles. The van der Waals surface area contributed by atoms with Crippen molar-refractivity contribution in [2.75, 3.05) is 26.7 Å². The monoisotopic (exact) mass is 333 g/mol. The number of methoxy groups -OCH3 is 1. The highest BCUT2D eigenvalue weighted by molar-refractivity contribution is 7.07. The second kappa shape index (κ2) is 8.89. The number of aromatic nitrogens is 1. The Labute approximate surface area is 143 Å². The van der Waals surface area contributed by atoms with Crippen molar-refractivity contribution in [3.63, 3.8) is 0 Å². The molecule has 23 heavy (non-hydrogen) atoms. The predicted molar refractivity (Wildman–Crippen MR) is 97.7 cm³/mol. The molecule has 0 saturated heterocycles. The first-order chi connectivity index (χ1) is 11.2. The molecule has 0 radical (unpaired) electrons. The molecule has 5 heteroatoms. The van der Waals surface area contributed by atoms with Gasteiger partial charge in [-0.25, -0.2) is 4.99 Å². The fourth-order valence-electron chi connectivity index (χ4n) is 2.56. The fraction of sp³-hybridized carbons (Fsp3) is 0.500. The minimum absolute atomic E-state index is 0.840. The third-order valence-electron chi connectivity index (χ3n) is 4.02. The molecule has 1 aromatic carbocycles. The van der Waals surface area contributed by atoms with Gasteiger partial charge in [0.05, 0.1) is 12.8 Å². The Balaban J connectivity index is 2.15. The second-order valence-corrected chi connectivity index (χ2v) is 6.34. The summed E-state index contributed by atoms with van der Waals surface area (Å²) in [4.78, 5) is 8.31. The normalized spacial score (nSPS) is 12.1. The van der Waals surface area contributed by atoms with Gasteiger partial charge < -0.3 is 14.2 Å². The summed E-state index contributed by atoms with van der Waals surface area (Å²) in [5.74, 6) is 0.840. The van der Waals surface area contributed by atoms with Gasteiger partial charge in [0.25, 0.3) is 0 Å². The Morgan fingerprint density at radius 3 is 2.74 bits per heavy atom. The van der Waals surface area contributed by atoms with Crippen LogP contribution in [0.5, 0.6) is 5.75 Å². The molecule has 2 rings (SSSR count). The van der Waals surface area contributed by atoms with Crippen LogP contribution in [-0.2, 0) is 6.54 Å². The van der Waals surface area contributed by atoms with Gasteiger partial charge in [0.15, 0.2) is 4.80 Å². The lowest BCUT2D eigenvalue weighted by atomic mass is 10.3. The lowest BCUT2D eigenvalue weighted by Gasteiger charge is -2.18. The zero-order valence-electron chi connectivity index (χ0n) is 14.6. The summed E-state index contributed by atoms with van der Waals surface area (Å²) in [6.45, 7) is 11.0. The van der Waals surface area contributed by atoms with Gasteiger partial charge in [-0.15, -0.1) is 11.3 Å². The number of hydrogen-bond donors (Lipinski definition) is 0. The Hall–Kier alpha value is -1.59. The SMILES string of the molecule is CCN(CC)CCCn1c(C)csc1=Nc1cccc(OC)c1. The molecule has 0 atom stereocenters. The predicted octanol–water partition coefficient (Wildman–Crippen LogP) is 3.83. The first-order valence-corrected chi connectivity index (χ1v) is 9.12. The van der Waals surface area contributed by atoms with E-state index < -0.39 is 0 Å². The Bertz CT molecular complexity index is 671. The van der Waals surface area contributed by atoms with Gasteiger partial charge in [0.1, 0.15) is 5.75 Å². The summed E-state index contributed by atoms with van der Waals surface area (Å²) in [6, 6.07) is 7.90. The van der Waals surface area contributed by atoms with Gasteiger partial charge in [-0.1, -0.05) is 19.9 Å². The number of thiazole rings is 1. The molecule has 0 fully saturated rings. The van der Waals surface area contributed by atoms with Crippen LogP contribution in [0.4, 0.5) is 5.69 Å². The van der Waals surface area contributed by atoms with Crippen molar-refractivity contribution in [3.8, 4) is 5.75 Å². The average molecular weight is 334 g/mol. The summed E-state index contributed by atoms with van der Waals surface area (Å²) in [7, 11) is 1.68. The number of rotatable bonds is 8. The highest BCUT2D eigenvalue weighted by Crippen LogP contribution is 2.19. The molecule has 0 amide bonds. The van der Waals surface area contributed by atoms with Gasteiger partial charge in [0.2, 0.25) is 0 Å². The van der Waals surface area contributed by atoms with Crippen LogP contribution < -0.4 is 9.54 Å². The first-order valence-electron chi connectivity index (χ1n) is 8.24. The largest absolute Gasteiger partial charge is 0.497 e. The molecule has 0 spiro atoms. The molecule has 1 aromatic heterocycles. The maximum atomic E-state index is 5.28. The van der Waals surface area contributed by atoms with E-state index in [-0.39, 0.29) is 0 Å². The maximum absolute atomic E-state index is 5.28. The minimum Gasteiger partial charge on any atom is -0.497 e. The van der Waals surface area contributed by atoms with Crippen LogP contribution in [0.1, 0.15) is 26.0 Å². The van der Waals surface area contributed by atoms with Gasteiger partial charge in [-0.05, 0) is 45.1 Å². The Kier molecular flexibility index (Phi) is 6.86. The number of hydrogen-bond acceptors (Lipinski definition) is 4.